The maximum atomic E-state index is 13.3. The predicted molar refractivity (Wildman–Crippen MR) is 89.2 cm³/mol. The number of halogens is 1. The van der Waals surface area contributed by atoms with E-state index in [1.165, 1.54) is 12.1 Å². The van der Waals surface area contributed by atoms with Crippen LogP contribution in [-0.4, -0.2) is 48.1 Å². The summed E-state index contributed by atoms with van der Waals surface area (Å²) in [5.74, 6) is -0.705. The number of carbonyl (C=O) groups is 2. The highest BCUT2D eigenvalue weighted by Gasteiger charge is 2.50. The lowest BCUT2D eigenvalue weighted by atomic mass is 9.92. The first-order chi connectivity index (χ1) is 12.1. The average molecular weight is 346 g/mol. The molecule has 0 spiro atoms. The maximum absolute atomic E-state index is 13.3. The van der Waals surface area contributed by atoms with Crippen LogP contribution in [0.1, 0.15) is 31.2 Å². The molecule has 1 aromatic carbocycles. The highest BCUT2D eigenvalue weighted by molar-refractivity contribution is 5.84. The van der Waals surface area contributed by atoms with Gasteiger partial charge < -0.3 is 15.0 Å². The summed E-state index contributed by atoms with van der Waals surface area (Å²) in [6, 6.07) is 6.35. The highest BCUT2D eigenvalue weighted by Crippen LogP contribution is 2.34. The summed E-state index contributed by atoms with van der Waals surface area (Å²) in [4.78, 5) is 27.1. The number of hydrogen-bond acceptors (Lipinski definition) is 3. The molecule has 2 heterocycles. The number of rotatable bonds is 4. The van der Waals surface area contributed by atoms with Gasteiger partial charge in [-0.3, -0.25) is 9.59 Å². The van der Waals surface area contributed by atoms with Crippen LogP contribution in [0.3, 0.4) is 0 Å². The lowest BCUT2D eigenvalue weighted by Crippen LogP contribution is -2.45. The molecule has 2 saturated heterocycles. The van der Waals surface area contributed by atoms with E-state index in [-0.39, 0.29) is 48.2 Å². The number of nitrogens with zero attached hydrogens (tertiary/aromatic N) is 1. The second-order valence-electron chi connectivity index (χ2n) is 7.29. The van der Waals surface area contributed by atoms with Crippen LogP contribution in [0.2, 0.25) is 0 Å². The van der Waals surface area contributed by atoms with E-state index in [1.807, 2.05) is 0 Å². The van der Waals surface area contributed by atoms with E-state index in [0.29, 0.717) is 18.7 Å². The zero-order valence-electron chi connectivity index (χ0n) is 14.1. The van der Waals surface area contributed by atoms with Gasteiger partial charge in [-0.1, -0.05) is 12.1 Å². The molecule has 6 heteroatoms. The molecule has 3 aliphatic rings. The minimum atomic E-state index is -0.341. The fourth-order valence-electron chi connectivity index (χ4n) is 4.07. The largest absolute Gasteiger partial charge is 0.375 e. The van der Waals surface area contributed by atoms with Crippen LogP contribution in [0.5, 0.6) is 0 Å². The van der Waals surface area contributed by atoms with Crippen molar-refractivity contribution in [1.82, 2.24) is 10.2 Å². The molecule has 1 saturated carbocycles. The molecule has 1 aromatic rings. The van der Waals surface area contributed by atoms with Crippen molar-refractivity contribution in [1.29, 1.82) is 0 Å². The Balaban J connectivity index is 1.44. The Morgan fingerprint density at radius 3 is 2.84 bits per heavy atom. The monoisotopic (exact) mass is 346 g/mol. The number of nitrogens with one attached hydrogen (secondary N) is 1. The van der Waals surface area contributed by atoms with Crippen molar-refractivity contribution < 1.29 is 18.7 Å². The first kappa shape index (κ1) is 16.5. The van der Waals surface area contributed by atoms with Gasteiger partial charge in [-0.2, -0.15) is 0 Å². The van der Waals surface area contributed by atoms with Gasteiger partial charge in [0.05, 0.1) is 24.5 Å². The van der Waals surface area contributed by atoms with Gasteiger partial charge in [0.2, 0.25) is 11.8 Å². The first-order valence-electron chi connectivity index (χ1n) is 9.08. The third-order valence-corrected chi connectivity index (χ3v) is 5.65. The van der Waals surface area contributed by atoms with Gasteiger partial charge in [0, 0.05) is 19.2 Å². The SMILES string of the molecule is O=C(NC1CCC1)[C@H]1CN(C(=O)Cc2cccc(F)c2)[C@@H]2CCO[C@H]12. The molecule has 0 radical (unpaired) electrons. The van der Waals surface area contributed by atoms with E-state index in [0.717, 1.165) is 25.7 Å². The normalized spacial score (nSPS) is 28.5. The van der Waals surface area contributed by atoms with Crippen molar-refractivity contribution in [2.75, 3.05) is 13.2 Å². The molecule has 134 valence electrons. The molecule has 1 aliphatic carbocycles. The summed E-state index contributed by atoms with van der Waals surface area (Å²) >= 11 is 0. The van der Waals surface area contributed by atoms with Crippen LogP contribution in [0, 0.1) is 11.7 Å². The molecular formula is C19H23FN2O3. The van der Waals surface area contributed by atoms with Gasteiger partial charge in [-0.25, -0.2) is 4.39 Å². The van der Waals surface area contributed by atoms with Gasteiger partial charge in [0.25, 0.3) is 0 Å². The van der Waals surface area contributed by atoms with E-state index in [1.54, 1.807) is 17.0 Å². The van der Waals surface area contributed by atoms with Gasteiger partial charge in [-0.15, -0.1) is 0 Å². The van der Waals surface area contributed by atoms with E-state index in [4.69, 9.17) is 4.74 Å². The van der Waals surface area contributed by atoms with Gasteiger partial charge in [-0.05, 0) is 43.4 Å². The topological polar surface area (TPSA) is 58.6 Å². The molecule has 2 aliphatic heterocycles. The molecule has 0 aromatic heterocycles. The molecule has 5 nitrogen and oxygen atoms in total. The number of fused-ring (bicyclic) bond motifs is 1. The quantitative estimate of drug-likeness (QED) is 0.902. The highest BCUT2D eigenvalue weighted by atomic mass is 19.1. The van der Waals surface area contributed by atoms with Crippen LogP contribution >= 0.6 is 0 Å². The summed E-state index contributed by atoms with van der Waals surface area (Å²) in [5.41, 5.74) is 0.655. The minimum Gasteiger partial charge on any atom is -0.375 e. The van der Waals surface area contributed by atoms with Crippen LogP contribution in [-0.2, 0) is 20.7 Å². The van der Waals surface area contributed by atoms with Crippen molar-refractivity contribution >= 4 is 11.8 Å². The Labute approximate surface area is 146 Å². The van der Waals surface area contributed by atoms with Crippen LogP contribution in [0.4, 0.5) is 4.39 Å². The van der Waals surface area contributed by atoms with Crippen LogP contribution < -0.4 is 5.32 Å². The van der Waals surface area contributed by atoms with Crippen LogP contribution in [0.15, 0.2) is 24.3 Å². The van der Waals surface area contributed by atoms with Crippen molar-refractivity contribution in [3.8, 4) is 0 Å². The second-order valence-corrected chi connectivity index (χ2v) is 7.29. The molecule has 1 N–H and O–H groups in total. The number of carbonyl (C=O) groups excluding carboxylic acids is 2. The lowest BCUT2D eigenvalue weighted by molar-refractivity contribution is -0.131. The second kappa shape index (κ2) is 6.75. The molecule has 3 atom stereocenters. The Hall–Kier alpha value is -1.95. The van der Waals surface area contributed by atoms with Crippen molar-refractivity contribution in [3.05, 3.63) is 35.6 Å². The number of benzene rings is 1. The zero-order valence-corrected chi connectivity index (χ0v) is 14.1. The fourth-order valence-corrected chi connectivity index (χ4v) is 4.07. The third kappa shape index (κ3) is 3.27. The van der Waals surface area contributed by atoms with Crippen molar-refractivity contribution in [2.45, 2.75) is 50.3 Å². The van der Waals surface area contributed by atoms with Gasteiger partial charge in [0.1, 0.15) is 5.82 Å². The Morgan fingerprint density at radius 2 is 2.12 bits per heavy atom. The molecule has 2 amide bonds. The number of hydrogen-bond donors (Lipinski definition) is 1. The molecule has 0 unspecified atom stereocenters. The van der Waals surface area contributed by atoms with E-state index in [2.05, 4.69) is 5.32 Å². The number of ether oxygens (including phenoxy) is 1. The van der Waals surface area contributed by atoms with Gasteiger partial charge >= 0.3 is 0 Å². The summed E-state index contributed by atoms with van der Waals surface area (Å²) in [6.07, 6.45) is 3.93. The number of likely N-dealkylation sites (tertiary alicyclic amines) is 1. The molecule has 4 rings (SSSR count). The van der Waals surface area contributed by atoms with E-state index in [9.17, 15) is 14.0 Å². The number of amides is 2. The summed E-state index contributed by atoms with van der Waals surface area (Å²) in [7, 11) is 0. The summed E-state index contributed by atoms with van der Waals surface area (Å²) in [5, 5.41) is 3.08. The predicted octanol–water partition coefficient (Wildman–Crippen LogP) is 1.65. The van der Waals surface area contributed by atoms with Crippen LogP contribution in [0.25, 0.3) is 0 Å². The Morgan fingerprint density at radius 1 is 1.28 bits per heavy atom. The molecule has 25 heavy (non-hydrogen) atoms. The van der Waals surface area contributed by atoms with E-state index >= 15 is 0 Å². The Kier molecular flexibility index (Phi) is 4.46. The first-order valence-corrected chi connectivity index (χ1v) is 9.08. The zero-order chi connectivity index (χ0) is 17.4. The van der Waals surface area contributed by atoms with Crippen molar-refractivity contribution in [3.63, 3.8) is 0 Å². The maximum Gasteiger partial charge on any atom is 0.227 e. The smallest absolute Gasteiger partial charge is 0.227 e. The van der Waals surface area contributed by atoms with Crippen molar-refractivity contribution in [2.24, 2.45) is 5.92 Å². The Bertz CT molecular complexity index is 676. The summed E-state index contributed by atoms with van der Waals surface area (Å²) in [6.45, 7) is 0.967. The minimum absolute atomic E-state index is 0.00246. The molecular weight excluding hydrogens is 323 g/mol. The third-order valence-electron chi connectivity index (χ3n) is 5.65. The standard InChI is InChI=1S/C19H23FN2O3/c20-13-4-1-3-12(9-13)10-17(23)22-11-15(18-16(22)7-8-25-18)19(24)21-14-5-2-6-14/h1,3-4,9,14-16,18H,2,5-8,10-11H2,(H,21,24)/t15-,16+,18+/m0/s1. The van der Waals surface area contributed by atoms with E-state index < -0.39 is 0 Å². The fraction of sp³-hybridized carbons (Fsp3) is 0.579. The average Bonchev–Trinajstić information content (AvgIpc) is 3.12. The molecule has 3 fully saturated rings. The van der Waals surface area contributed by atoms with Gasteiger partial charge in [0.15, 0.2) is 0 Å². The lowest BCUT2D eigenvalue weighted by Gasteiger charge is -2.28. The summed E-state index contributed by atoms with van der Waals surface area (Å²) < 4.78 is 19.1. The molecule has 0 bridgehead atoms.